The van der Waals surface area contributed by atoms with E-state index in [2.05, 4.69) is 0 Å². The van der Waals surface area contributed by atoms with Crippen LogP contribution in [0.5, 0.6) is 17.2 Å². The standard InChI is InChI=1S/C10H14N2O4/c1-14-6-4-5(11)7(10(12)13)9(16-3)8(6)15-2/h4H,11H2,1-3H3,(H2,12,13). The number of amides is 1. The van der Waals surface area contributed by atoms with Crippen molar-refractivity contribution in [1.82, 2.24) is 0 Å². The normalized spacial score (nSPS) is 9.69. The topological polar surface area (TPSA) is 96.8 Å². The van der Waals surface area contributed by atoms with Crippen molar-refractivity contribution < 1.29 is 19.0 Å². The van der Waals surface area contributed by atoms with E-state index in [1.54, 1.807) is 0 Å². The van der Waals surface area contributed by atoms with Gasteiger partial charge < -0.3 is 25.7 Å². The van der Waals surface area contributed by atoms with E-state index < -0.39 is 5.91 Å². The molecule has 0 aliphatic carbocycles. The number of benzene rings is 1. The fourth-order valence-corrected chi connectivity index (χ4v) is 1.43. The van der Waals surface area contributed by atoms with Crippen LogP contribution in [0.25, 0.3) is 0 Å². The van der Waals surface area contributed by atoms with Crippen LogP contribution >= 0.6 is 0 Å². The van der Waals surface area contributed by atoms with E-state index in [0.717, 1.165) is 0 Å². The number of nitrogen functional groups attached to an aromatic ring is 1. The zero-order valence-electron chi connectivity index (χ0n) is 9.37. The van der Waals surface area contributed by atoms with Crippen LogP contribution in [0, 0.1) is 0 Å². The average Bonchev–Trinajstić information content (AvgIpc) is 2.26. The molecule has 0 aromatic heterocycles. The lowest BCUT2D eigenvalue weighted by atomic mass is 10.1. The number of nitrogens with two attached hydrogens (primary N) is 2. The second-order valence-electron chi connectivity index (χ2n) is 2.97. The van der Waals surface area contributed by atoms with Crippen molar-refractivity contribution in [3.05, 3.63) is 11.6 Å². The fraction of sp³-hybridized carbons (Fsp3) is 0.300. The van der Waals surface area contributed by atoms with Gasteiger partial charge in [-0.1, -0.05) is 0 Å². The van der Waals surface area contributed by atoms with Crippen LogP contribution in [0.4, 0.5) is 5.69 Å². The largest absolute Gasteiger partial charge is 0.493 e. The summed E-state index contributed by atoms with van der Waals surface area (Å²) >= 11 is 0. The molecule has 4 N–H and O–H groups in total. The molecule has 0 saturated carbocycles. The first-order valence-corrected chi connectivity index (χ1v) is 4.45. The monoisotopic (exact) mass is 226 g/mol. The van der Waals surface area contributed by atoms with Crippen molar-refractivity contribution in [1.29, 1.82) is 0 Å². The summed E-state index contributed by atoms with van der Waals surface area (Å²) in [7, 11) is 4.28. The SMILES string of the molecule is COc1cc(N)c(C(N)=O)c(OC)c1OC. The van der Waals surface area contributed by atoms with Crippen LogP contribution in [-0.4, -0.2) is 27.2 Å². The van der Waals surface area contributed by atoms with Crippen LogP contribution < -0.4 is 25.7 Å². The first-order chi connectivity index (χ1) is 7.56. The number of carbonyl (C=O) groups is 1. The molecule has 1 aromatic rings. The molecule has 0 radical (unpaired) electrons. The first-order valence-electron chi connectivity index (χ1n) is 4.45. The van der Waals surface area contributed by atoms with Gasteiger partial charge in [0.2, 0.25) is 5.75 Å². The maximum Gasteiger partial charge on any atom is 0.254 e. The van der Waals surface area contributed by atoms with Gasteiger partial charge in [-0.2, -0.15) is 0 Å². The zero-order chi connectivity index (χ0) is 12.3. The van der Waals surface area contributed by atoms with Gasteiger partial charge in [0.15, 0.2) is 11.5 Å². The van der Waals surface area contributed by atoms with Crippen LogP contribution in [0.3, 0.4) is 0 Å². The van der Waals surface area contributed by atoms with E-state index in [4.69, 9.17) is 25.7 Å². The maximum absolute atomic E-state index is 11.2. The molecule has 0 atom stereocenters. The minimum atomic E-state index is -0.685. The van der Waals surface area contributed by atoms with Crippen molar-refractivity contribution in [3.63, 3.8) is 0 Å². The third-order valence-corrected chi connectivity index (χ3v) is 2.11. The van der Waals surface area contributed by atoms with E-state index >= 15 is 0 Å². The molecular weight excluding hydrogens is 212 g/mol. The highest BCUT2D eigenvalue weighted by atomic mass is 16.5. The van der Waals surface area contributed by atoms with Gasteiger partial charge in [0, 0.05) is 6.07 Å². The minimum Gasteiger partial charge on any atom is -0.493 e. The lowest BCUT2D eigenvalue weighted by Gasteiger charge is -2.15. The second-order valence-corrected chi connectivity index (χ2v) is 2.97. The minimum absolute atomic E-state index is 0.0835. The first kappa shape index (κ1) is 12.0. The molecule has 1 rings (SSSR count). The number of primary amides is 1. The molecule has 0 unspecified atom stereocenters. The number of carbonyl (C=O) groups excluding carboxylic acids is 1. The fourth-order valence-electron chi connectivity index (χ4n) is 1.43. The van der Waals surface area contributed by atoms with E-state index in [9.17, 15) is 4.79 Å². The van der Waals surface area contributed by atoms with Gasteiger partial charge in [-0.15, -0.1) is 0 Å². The molecule has 6 heteroatoms. The van der Waals surface area contributed by atoms with E-state index in [-0.39, 0.29) is 22.7 Å². The molecule has 0 aliphatic rings. The highest BCUT2D eigenvalue weighted by Gasteiger charge is 2.22. The molecule has 0 fully saturated rings. The smallest absolute Gasteiger partial charge is 0.254 e. The number of methoxy groups -OCH3 is 3. The lowest BCUT2D eigenvalue weighted by Crippen LogP contribution is -2.16. The number of rotatable bonds is 4. The highest BCUT2D eigenvalue weighted by Crippen LogP contribution is 2.42. The molecule has 88 valence electrons. The molecule has 0 aliphatic heterocycles. The Morgan fingerprint density at radius 1 is 1.12 bits per heavy atom. The average molecular weight is 226 g/mol. The number of ether oxygens (including phenoxy) is 3. The van der Waals surface area contributed by atoms with E-state index in [0.29, 0.717) is 5.75 Å². The Balaban J connectivity index is 3.57. The van der Waals surface area contributed by atoms with Gasteiger partial charge in [-0.25, -0.2) is 0 Å². The Bertz CT molecular complexity index is 418. The van der Waals surface area contributed by atoms with Crippen molar-refractivity contribution in [3.8, 4) is 17.2 Å². The zero-order valence-corrected chi connectivity index (χ0v) is 9.37. The Kier molecular flexibility index (Phi) is 3.44. The highest BCUT2D eigenvalue weighted by molar-refractivity contribution is 6.02. The molecule has 0 bridgehead atoms. The number of hydrogen-bond acceptors (Lipinski definition) is 5. The van der Waals surface area contributed by atoms with Crippen molar-refractivity contribution in [2.24, 2.45) is 5.73 Å². The molecule has 6 nitrogen and oxygen atoms in total. The molecule has 16 heavy (non-hydrogen) atoms. The predicted molar refractivity (Wildman–Crippen MR) is 59.0 cm³/mol. The van der Waals surface area contributed by atoms with Gasteiger partial charge in [-0.05, 0) is 0 Å². The Morgan fingerprint density at radius 3 is 2.06 bits per heavy atom. The van der Waals surface area contributed by atoms with Gasteiger partial charge in [0.25, 0.3) is 5.91 Å². The van der Waals surface area contributed by atoms with Crippen LogP contribution in [0.15, 0.2) is 6.07 Å². The summed E-state index contributed by atoms with van der Waals surface area (Å²) < 4.78 is 15.2. The summed E-state index contributed by atoms with van der Waals surface area (Å²) in [5.74, 6) is 0.150. The summed E-state index contributed by atoms with van der Waals surface area (Å²) in [6.45, 7) is 0. The Morgan fingerprint density at radius 2 is 1.69 bits per heavy atom. The third kappa shape index (κ3) is 1.81. The van der Waals surface area contributed by atoms with Crippen molar-refractivity contribution in [2.45, 2.75) is 0 Å². The number of anilines is 1. The summed E-state index contributed by atoms with van der Waals surface area (Å²) in [6.07, 6.45) is 0. The summed E-state index contributed by atoms with van der Waals surface area (Å²) in [5.41, 5.74) is 11.2. The maximum atomic E-state index is 11.2. The predicted octanol–water partition coefficient (Wildman–Crippen LogP) is 0.393. The summed E-state index contributed by atoms with van der Waals surface area (Å²) in [4.78, 5) is 11.2. The third-order valence-electron chi connectivity index (χ3n) is 2.11. The Hall–Kier alpha value is -2.11. The van der Waals surface area contributed by atoms with Crippen LogP contribution in [-0.2, 0) is 0 Å². The van der Waals surface area contributed by atoms with Crippen LogP contribution in [0.2, 0.25) is 0 Å². The number of hydrogen-bond donors (Lipinski definition) is 2. The van der Waals surface area contributed by atoms with Gasteiger partial charge in [0.1, 0.15) is 5.56 Å². The van der Waals surface area contributed by atoms with E-state index in [1.807, 2.05) is 0 Å². The lowest BCUT2D eigenvalue weighted by molar-refractivity contribution is 0.0997. The van der Waals surface area contributed by atoms with Crippen LogP contribution in [0.1, 0.15) is 10.4 Å². The quantitative estimate of drug-likeness (QED) is 0.724. The summed E-state index contributed by atoms with van der Waals surface area (Å²) in [6, 6.07) is 1.46. The van der Waals surface area contributed by atoms with E-state index in [1.165, 1.54) is 27.4 Å². The molecule has 0 spiro atoms. The Labute approximate surface area is 93.1 Å². The van der Waals surface area contributed by atoms with Crippen molar-refractivity contribution in [2.75, 3.05) is 27.1 Å². The summed E-state index contributed by atoms with van der Waals surface area (Å²) in [5, 5.41) is 0. The van der Waals surface area contributed by atoms with Crippen molar-refractivity contribution >= 4 is 11.6 Å². The van der Waals surface area contributed by atoms with Gasteiger partial charge >= 0.3 is 0 Å². The molecule has 1 amide bonds. The van der Waals surface area contributed by atoms with Gasteiger partial charge in [-0.3, -0.25) is 4.79 Å². The molecule has 1 aromatic carbocycles. The molecule has 0 heterocycles. The van der Waals surface area contributed by atoms with Gasteiger partial charge in [0.05, 0.1) is 27.0 Å². The molecular formula is C10H14N2O4. The second kappa shape index (κ2) is 4.61. The molecule has 0 saturated heterocycles.